The molecule has 1 N–H and O–H groups in total. The van der Waals surface area contributed by atoms with E-state index in [9.17, 15) is 9.18 Å². The molecule has 0 atom stereocenters. The summed E-state index contributed by atoms with van der Waals surface area (Å²) in [5.41, 5.74) is 3.34. The third kappa shape index (κ3) is 4.10. The molecule has 0 saturated carbocycles. The van der Waals surface area contributed by atoms with Crippen molar-refractivity contribution < 1.29 is 13.9 Å². The highest BCUT2D eigenvalue weighted by atomic mass is 35.5. The summed E-state index contributed by atoms with van der Waals surface area (Å²) in [6, 6.07) is 3.42. The molecule has 1 aliphatic heterocycles. The SMILES string of the molecule is O=C(NCc1ncn2ccc(Cl)c(F)c12)c1cn(Cc2cn3nccc(CC4COC4)c3n2)nn1. The van der Waals surface area contributed by atoms with Crippen LogP contribution in [0.1, 0.15) is 27.4 Å². The van der Waals surface area contributed by atoms with Crippen molar-refractivity contribution >= 4 is 28.7 Å². The largest absolute Gasteiger partial charge is 0.381 e. The maximum Gasteiger partial charge on any atom is 0.273 e. The Morgan fingerprint density at radius 3 is 3.00 bits per heavy atom. The number of carbonyl (C=O) groups is 1. The monoisotopic (exact) mass is 495 g/mol. The first-order valence-corrected chi connectivity index (χ1v) is 11.3. The van der Waals surface area contributed by atoms with E-state index in [1.807, 2.05) is 12.3 Å². The lowest BCUT2D eigenvalue weighted by atomic mass is 9.99. The predicted octanol–water partition coefficient (Wildman–Crippen LogP) is 1.93. The minimum Gasteiger partial charge on any atom is -0.381 e. The number of pyridine rings is 1. The molecule has 178 valence electrons. The fraction of sp³-hybridized carbons (Fsp3) is 0.273. The van der Waals surface area contributed by atoms with E-state index in [4.69, 9.17) is 21.3 Å². The van der Waals surface area contributed by atoms with Crippen LogP contribution in [0.4, 0.5) is 4.39 Å². The van der Waals surface area contributed by atoms with E-state index in [0.29, 0.717) is 18.2 Å². The van der Waals surface area contributed by atoms with Crippen LogP contribution in [-0.2, 0) is 24.2 Å². The fourth-order valence-corrected chi connectivity index (χ4v) is 4.20. The molecule has 5 aromatic rings. The van der Waals surface area contributed by atoms with Gasteiger partial charge in [-0.05, 0) is 24.1 Å². The molecular weight excluding hydrogens is 477 g/mol. The Labute approximate surface area is 202 Å². The number of amides is 1. The zero-order chi connectivity index (χ0) is 23.9. The van der Waals surface area contributed by atoms with Gasteiger partial charge in [0.2, 0.25) is 0 Å². The lowest BCUT2D eigenvalue weighted by Crippen LogP contribution is -2.29. The number of hydrogen-bond donors (Lipinski definition) is 1. The molecule has 0 aromatic carbocycles. The number of halogens is 2. The van der Waals surface area contributed by atoms with Crippen LogP contribution >= 0.6 is 11.6 Å². The second kappa shape index (κ2) is 8.71. The molecule has 0 aliphatic carbocycles. The highest BCUT2D eigenvalue weighted by Crippen LogP contribution is 2.22. The van der Waals surface area contributed by atoms with Crippen LogP contribution in [0.5, 0.6) is 0 Å². The normalized spacial score (nSPS) is 14.0. The topological polar surface area (TPSA) is 117 Å². The van der Waals surface area contributed by atoms with Crippen molar-refractivity contribution in [3.8, 4) is 0 Å². The molecule has 1 amide bonds. The summed E-state index contributed by atoms with van der Waals surface area (Å²) in [7, 11) is 0. The van der Waals surface area contributed by atoms with Crippen molar-refractivity contribution in [3.63, 3.8) is 0 Å². The van der Waals surface area contributed by atoms with Gasteiger partial charge in [0.1, 0.15) is 5.52 Å². The van der Waals surface area contributed by atoms with Crippen LogP contribution in [0.15, 0.2) is 43.2 Å². The summed E-state index contributed by atoms with van der Waals surface area (Å²) in [6.07, 6.45) is 9.07. The van der Waals surface area contributed by atoms with Gasteiger partial charge in [0, 0.05) is 18.3 Å². The van der Waals surface area contributed by atoms with Gasteiger partial charge in [-0.3, -0.25) is 4.79 Å². The van der Waals surface area contributed by atoms with E-state index in [1.54, 1.807) is 16.9 Å². The maximum atomic E-state index is 14.4. The van der Waals surface area contributed by atoms with Crippen molar-refractivity contribution in [2.75, 3.05) is 13.2 Å². The smallest absolute Gasteiger partial charge is 0.273 e. The van der Waals surface area contributed by atoms with Gasteiger partial charge in [-0.2, -0.15) is 5.10 Å². The number of rotatable bonds is 7. The van der Waals surface area contributed by atoms with E-state index in [0.717, 1.165) is 36.5 Å². The van der Waals surface area contributed by atoms with Gasteiger partial charge < -0.3 is 14.5 Å². The molecular formula is C22H19ClFN9O2. The average molecular weight is 496 g/mol. The van der Waals surface area contributed by atoms with Crippen LogP contribution in [0.2, 0.25) is 5.02 Å². The van der Waals surface area contributed by atoms with Crippen molar-refractivity contribution in [1.82, 2.24) is 44.3 Å². The Balaban J connectivity index is 1.14. The molecule has 13 heteroatoms. The Morgan fingerprint density at radius 1 is 1.29 bits per heavy atom. The van der Waals surface area contributed by atoms with Crippen LogP contribution in [0.3, 0.4) is 0 Å². The summed E-state index contributed by atoms with van der Waals surface area (Å²) < 4.78 is 24.4. The summed E-state index contributed by atoms with van der Waals surface area (Å²) in [6.45, 7) is 1.87. The van der Waals surface area contributed by atoms with E-state index >= 15 is 0 Å². The minimum absolute atomic E-state index is 0.00632. The Kier molecular flexibility index (Phi) is 5.38. The van der Waals surface area contributed by atoms with Gasteiger partial charge in [-0.25, -0.2) is 23.6 Å². The van der Waals surface area contributed by atoms with E-state index in [2.05, 4.69) is 25.7 Å². The van der Waals surface area contributed by atoms with Gasteiger partial charge in [0.15, 0.2) is 17.2 Å². The van der Waals surface area contributed by atoms with Gasteiger partial charge >= 0.3 is 0 Å². The molecule has 0 bridgehead atoms. The number of aromatic nitrogens is 8. The summed E-state index contributed by atoms with van der Waals surface area (Å²) in [5.74, 6) is -0.541. The van der Waals surface area contributed by atoms with E-state index < -0.39 is 11.7 Å². The average Bonchev–Trinajstić information content (AvgIpc) is 3.56. The summed E-state index contributed by atoms with van der Waals surface area (Å²) in [4.78, 5) is 21.5. The molecule has 0 radical (unpaired) electrons. The lowest BCUT2D eigenvalue weighted by Gasteiger charge is -2.25. The highest BCUT2D eigenvalue weighted by molar-refractivity contribution is 6.31. The van der Waals surface area contributed by atoms with Crippen LogP contribution in [0.25, 0.3) is 11.2 Å². The van der Waals surface area contributed by atoms with Crippen molar-refractivity contribution in [1.29, 1.82) is 0 Å². The van der Waals surface area contributed by atoms with Crippen LogP contribution in [0, 0.1) is 11.7 Å². The number of fused-ring (bicyclic) bond motifs is 2. The molecule has 6 rings (SSSR count). The third-order valence-corrected chi connectivity index (χ3v) is 6.18. The summed E-state index contributed by atoms with van der Waals surface area (Å²) in [5, 5.41) is 15.0. The molecule has 35 heavy (non-hydrogen) atoms. The number of hydrogen-bond acceptors (Lipinski definition) is 7. The van der Waals surface area contributed by atoms with Gasteiger partial charge in [0.05, 0.1) is 61.4 Å². The van der Waals surface area contributed by atoms with Crippen molar-refractivity contribution in [3.05, 3.63) is 76.7 Å². The van der Waals surface area contributed by atoms with Crippen LogP contribution < -0.4 is 5.32 Å². The number of carbonyl (C=O) groups excluding carboxylic acids is 1. The van der Waals surface area contributed by atoms with Gasteiger partial charge in [-0.15, -0.1) is 5.10 Å². The fourth-order valence-electron chi connectivity index (χ4n) is 4.06. The van der Waals surface area contributed by atoms with Crippen molar-refractivity contribution in [2.45, 2.75) is 19.5 Å². The Bertz CT molecular complexity index is 1560. The second-order valence-electron chi connectivity index (χ2n) is 8.37. The maximum absolute atomic E-state index is 14.4. The minimum atomic E-state index is -0.590. The lowest BCUT2D eigenvalue weighted by molar-refractivity contribution is -0.0311. The number of imidazole rings is 2. The molecule has 0 unspecified atom stereocenters. The standard InChI is InChI=1S/C22H19ClFN9O2/c23-16-2-4-31-12-26-17(20(31)19(16)24)6-25-22(34)18-9-32(30-29-18)7-15-8-33-21(28-15)14(1-3-27-33)5-13-10-35-11-13/h1-4,8-9,12-13H,5-7,10-11H2,(H,25,34). The quantitative estimate of drug-likeness (QED) is 0.366. The van der Waals surface area contributed by atoms with Gasteiger partial charge in [0.25, 0.3) is 5.91 Å². The molecule has 0 spiro atoms. The van der Waals surface area contributed by atoms with E-state index in [-0.39, 0.29) is 22.8 Å². The first kappa shape index (κ1) is 21.6. The predicted molar refractivity (Wildman–Crippen MR) is 121 cm³/mol. The van der Waals surface area contributed by atoms with Crippen LogP contribution in [-0.4, -0.2) is 58.1 Å². The summed E-state index contributed by atoms with van der Waals surface area (Å²) >= 11 is 5.87. The molecule has 1 fully saturated rings. The first-order chi connectivity index (χ1) is 17.0. The molecule has 11 nitrogen and oxygen atoms in total. The second-order valence-corrected chi connectivity index (χ2v) is 8.78. The first-order valence-electron chi connectivity index (χ1n) is 10.9. The molecule has 1 saturated heterocycles. The van der Waals surface area contributed by atoms with E-state index in [1.165, 1.54) is 27.7 Å². The zero-order valence-corrected chi connectivity index (χ0v) is 19.1. The van der Waals surface area contributed by atoms with Crippen molar-refractivity contribution in [2.24, 2.45) is 5.92 Å². The van der Waals surface area contributed by atoms with Gasteiger partial charge in [-0.1, -0.05) is 16.8 Å². The highest BCUT2D eigenvalue weighted by Gasteiger charge is 2.21. The molecule has 1 aliphatic rings. The number of nitrogens with zero attached hydrogens (tertiary/aromatic N) is 8. The Morgan fingerprint density at radius 2 is 2.17 bits per heavy atom. The zero-order valence-electron chi connectivity index (χ0n) is 18.3. The number of ether oxygens (including phenoxy) is 1. The number of nitrogens with one attached hydrogen (secondary N) is 1. The molecule has 5 aromatic heterocycles. The third-order valence-electron chi connectivity index (χ3n) is 5.89. The Hall–Kier alpha value is -3.90. The molecule has 6 heterocycles.